The van der Waals surface area contributed by atoms with Crippen molar-refractivity contribution in [2.24, 2.45) is 0 Å². The summed E-state index contributed by atoms with van der Waals surface area (Å²) in [7, 11) is 0. The summed E-state index contributed by atoms with van der Waals surface area (Å²) >= 11 is 1.60. The van der Waals surface area contributed by atoms with Gasteiger partial charge in [-0.25, -0.2) is 0 Å². The molecule has 2 aromatic rings. The molecule has 7 nitrogen and oxygen atoms in total. The SMILES string of the molecule is C[C@@H](N1CN([C@H]2c3ccccc3CSc3ccccc32)N2C=C(CO)C(O)C(O)=C2C1=O)C(F)(F)F. The molecule has 3 N–H and O–H groups in total. The molecule has 3 aliphatic rings. The fraction of sp³-hybridized carbons (Fsp3) is 0.320. The minimum atomic E-state index is -4.71. The molecular formula is C25H24F3N3O4S. The summed E-state index contributed by atoms with van der Waals surface area (Å²) in [4.78, 5) is 14.9. The zero-order valence-corrected chi connectivity index (χ0v) is 20.0. The van der Waals surface area contributed by atoms with E-state index in [1.54, 1.807) is 16.8 Å². The second-order valence-electron chi connectivity index (χ2n) is 8.84. The van der Waals surface area contributed by atoms with Crippen molar-refractivity contribution >= 4 is 17.7 Å². The molecule has 1 unspecified atom stereocenters. The van der Waals surface area contributed by atoms with Gasteiger partial charge in [0.15, 0.2) is 11.5 Å². The fourth-order valence-electron chi connectivity index (χ4n) is 4.77. The number of hydrogen-bond acceptors (Lipinski definition) is 7. The van der Waals surface area contributed by atoms with Crippen LogP contribution in [0.15, 0.2) is 76.7 Å². The number of alkyl halides is 3. The van der Waals surface area contributed by atoms with Crippen molar-refractivity contribution in [3.8, 4) is 0 Å². The van der Waals surface area contributed by atoms with Crippen molar-refractivity contribution in [1.29, 1.82) is 0 Å². The van der Waals surface area contributed by atoms with Crippen molar-refractivity contribution in [3.05, 3.63) is 88.5 Å². The van der Waals surface area contributed by atoms with Crippen molar-refractivity contribution in [1.82, 2.24) is 14.9 Å². The molecule has 0 radical (unpaired) electrons. The van der Waals surface area contributed by atoms with Crippen LogP contribution in [-0.4, -0.2) is 67.7 Å². The first-order valence-electron chi connectivity index (χ1n) is 11.3. The molecule has 0 saturated carbocycles. The maximum atomic E-state index is 13.8. The summed E-state index contributed by atoms with van der Waals surface area (Å²) in [5.41, 5.74) is 2.18. The van der Waals surface area contributed by atoms with Crippen LogP contribution in [0.2, 0.25) is 0 Å². The predicted molar refractivity (Wildman–Crippen MR) is 126 cm³/mol. The lowest BCUT2D eigenvalue weighted by molar-refractivity contribution is -0.204. The smallest absolute Gasteiger partial charge is 0.408 e. The summed E-state index contributed by atoms with van der Waals surface area (Å²) in [5, 5.41) is 33.9. The number of thioether (sulfide) groups is 1. The number of hydrazine groups is 1. The number of nitrogens with zero attached hydrogens (tertiary/aromatic N) is 3. The average molecular weight is 520 g/mol. The van der Waals surface area contributed by atoms with Crippen LogP contribution in [0.5, 0.6) is 0 Å². The number of carbonyl (C=O) groups excluding carboxylic acids is 1. The molecule has 3 heterocycles. The first-order chi connectivity index (χ1) is 17.1. The number of carbonyl (C=O) groups is 1. The van der Waals surface area contributed by atoms with Gasteiger partial charge in [0, 0.05) is 22.4 Å². The molecule has 3 aliphatic heterocycles. The van der Waals surface area contributed by atoms with Gasteiger partial charge in [-0.1, -0.05) is 42.5 Å². The summed E-state index contributed by atoms with van der Waals surface area (Å²) < 4.78 is 41.5. The molecule has 0 aliphatic carbocycles. The Labute approximate surface area is 209 Å². The standard InChI is InChI=1S/C25H24F3N3O4S/c1-14(25(26,27)28)29-13-31(30-10-16(11-32)22(33)23(34)21(30)24(29)35)20-17-7-3-2-6-15(17)12-36-19-9-5-4-8-18(19)20/h2-10,14,20,22,32-34H,11-13H2,1H3/t14-,20+,22?/m1/s1. The van der Waals surface area contributed by atoms with Gasteiger partial charge in [0.2, 0.25) is 0 Å². The number of hydrogen-bond donors (Lipinski definition) is 3. The highest BCUT2D eigenvalue weighted by atomic mass is 32.2. The Balaban J connectivity index is 1.74. The number of aliphatic hydroxyl groups excluding tert-OH is 3. The molecule has 0 aromatic heterocycles. The largest absolute Gasteiger partial charge is 0.507 e. The Morgan fingerprint density at radius 3 is 2.47 bits per heavy atom. The molecule has 0 bridgehead atoms. The molecule has 0 spiro atoms. The second-order valence-corrected chi connectivity index (χ2v) is 9.86. The highest BCUT2D eigenvalue weighted by Gasteiger charge is 2.51. The van der Waals surface area contributed by atoms with E-state index < -0.39 is 55.0 Å². The maximum Gasteiger partial charge on any atom is 0.408 e. The third-order valence-corrected chi connectivity index (χ3v) is 7.91. The lowest BCUT2D eigenvalue weighted by Gasteiger charge is -2.50. The Morgan fingerprint density at radius 1 is 1.11 bits per heavy atom. The van der Waals surface area contributed by atoms with Gasteiger partial charge in [0.1, 0.15) is 12.1 Å². The molecule has 3 atom stereocenters. The molecular weight excluding hydrogens is 495 g/mol. The quantitative estimate of drug-likeness (QED) is 0.571. The van der Waals surface area contributed by atoms with Crippen LogP contribution in [-0.2, 0) is 10.5 Å². The van der Waals surface area contributed by atoms with Crippen molar-refractivity contribution < 1.29 is 33.3 Å². The minimum Gasteiger partial charge on any atom is -0.507 e. The van der Waals surface area contributed by atoms with E-state index in [9.17, 15) is 33.3 Å². The van der Waals surface area contributed by atoms with Crippen LogP contribution in [0.4, 0.5) is 13.2 Å². The van der Waals surface area contributed by atoms with Gasteiger partial charge in [-0.3, -0.25) is 9.80 Å². The Bertz CT molecular complexity index is 1220. The zero-order chi connectivity index (χ0) is 25.8. The summed E-state index contributed by atoms with van der Waals surface area (Å²) in [6, 6.07) is 12.4. The van der Waals surface area contributed by atoms with E-state index in [0.717, 1.165) is 28.5 Å². The van der Waals surface area contributed by atoms with Crippen LogP contribution >= 0.6 is 11.8 Å². The summed E-state index contributed by atoms with van der Waals surface area (Å²) in [6.07, 6.45) is -5.11. The van der Waals surface area contributed by atoms with Gasteiger partial charge in [-0.2, -0.15) is 18.2 Å². The molecule has 1 amide bonds. The number of halogens is 3. The van der Waals surface area contributed by atoms with Gasteiger partial charge in [0.05, 0.1) is 19.3 Å². The van der Waals surface area contributed by atoms with E-state index in [1.165, 1.54) is 11.2 Å². The first-order valence-corrected chi connectivity index (χ1v) is 12.3. The Morgan fingerprint density at radius 2 is 1.78 bits per heavy atom. The minimum absolute atomic E-state index is 0.0101. The van der Waals surface area contributed by atoms with E-state index in [-0.39, 0.29) is 5.57 Å². The van der Waals surface area contributed by atoms with E-state index >= 15 is 0 Å². The van der Waals surface area contributed by atoms with E-state index in [1.807, 2.05) is 48.5 Å². The molecule has 2 aromatic carbocycles. The van der Waals surface area contributed by atoms with Gasteiger partial charge in [-0.15, -0.1) is 11.8 Å². The third kappa shape index (κ3) is 3.96. The maximum absolute atomic E-state index is 13.8. The third-order valence-electron chi connectivity index (χ3n) is 6.78. The first kappa shape index (κ1) is 24.7. The number of amides is 1. The summed E-state index contributed by atoms with van der Waals surface area (Å²) in [5.74, 6) is -1.23. The second kappa shape index (κ2) is 9.15. The lowest BCUT2D eigenvalue weighted by Crippen LogP contribution is -2.63. The van der Waals surface area contributed by atoms with Crippen LogP contribution < -0.4 is 0 Å². The summed E-state index contributed by atoms with van der Waals surface area (Å²) in [6.45, 7) is -0.171. The van der Waals surface area contributed by atoms with E-state index in [4.69, 9.17) is 0 Å². The van der Waals surface area contributed by atoms with E-state index in [0.29, 0.717) is 10.7 Å². The number of fused-ring (bicyclic) bond motifs is 3. The van der Waals surface area contributed by atoms with Gasteiger partial charge < -0.3 is 20.2 Å². The molecule has 190 valence electrons. The Kier molecular flexibility index (Phi) is 6.27. The van der Waals surface area contributed by atoms with Crippen molar-refractivity contribution in [3.63, 3.8) is 0 Å². The van der Waals surface area contributed by atoms with Crippen LogP contribution in [0.1, 0.15) is 29.7 Å². The van der Waals surface area contributed by atoms with Crippen molar-refractivity contribution in [2.75, 3.05) is 13.3 Å². The number of benzene rings is 2. The highest BCUT2D eigenvalue weighted by Crippen LogP contribution is 2.46. The monoisotopic (exact) mass is 519 g/mol. The Hall–Kier alpha value is -2.99. The normalized spacial score (nSPS) is 23.5. The van der Waals surface area contributed by atoms with Crippen LogP contribution in [0.3, 0.4) is 0 Å². The fourth-order valence-corrected chi connectivity index (χ4v) is 5.87. The topological polar surface area (TPSA) is 87.5 Å². The highest BCUT2D eigenvalue weighted by molar-refractivity contribution is 7.98. The number of aliphatic hydroxyl groups is 3. The van der Waals surface area contributed by atoms with Gasteiger partial charge in [-0.05, 0) is 29.7 Å². The molecule has 1 saturated heterocycles. The molecule has 1 fully saturated rings. The van der Waals surface area contributed by atoms with Gasteiger partial charge >= 0.3 is 6.18 Å². The predicted octanol–water partition coefficient (Wildman–Crippen LogP) is 3.67. The molecule has 11 heteroatoms. The van der Waals surface area contributed by atoms with Gasteiger partial charge in [0.25, 0.3) is 5.91 Å². The average Bonchev–Trinajstić information content (AvgIpc) is 3.02. The lowest BCUT2D eigenvalue weighted by atomic mass is 9.93. The zero-order valence-electron chi connectivity index (χ0n) is 19.2. The van der Waals surface area contributed by atoms with Crippen LogP contribution in [0, 0.1) is 0 Å². The van der Waals surface area contributed by atoms with Crippen molar-refractivity contribution in [2.45, 2.75) is 41.9 Å². The molecule has 36 heavy (non-hydrogen) atoms. The molecule has 5 rings (SSSR count). The number of rotatable bonds is 3. The van der Waals surface area contributed by atoms with Crippen LogP contribution in [0.25, 0.3) is 0 Å². The van der Waals surface area contributed by atoms with E-state index in [2.05, 4.69) is 0 Å².